The molecule has 8 heteroatoms. The molecule has 0 bridgehead atoms. The van der Waals surface area contributed by atoms with Gasteiger partial charge in [0.1, 0.15) is 0 Å². The van der Waals surface area contributed by atoms with E-state index in [1.165, 1.54) is 12.3 Å². The average Bonchev–Trinajstić information content (AvgIpc) is 2.87. The number of nitrogens with zero attached hydrogens (tertiary/aromatic N) is 4. The molecule has 0 amide bonds. The summed E-state index contributed by atoms with van der Waals surface area (Å²) in [5.74, 6) is -0.412. The number of halogens is 2. The molecule has 0 saturated heterocycles. The number of anilines is 1. The summed E-state index contributed by atoms with van der Waals surface area (Å²) in [5.41, 5.74) is 8.73. The van der Waals surface area contributed by atoms with E-state index in [2.05, 4.69) is 40.8 Å². The molecule has 0 radical (unpaired) electrons. The first kappa shape index (κ1) is 12.9. The first-order valence-corrected chi connectivity index (χ1v) is 6.53. The number of nitrogens with two attached hydrogens (primary N) is 1. The van der Waals surface area contributed by atoms with E-state index in [0.717, 1.165) is 0 Å². The van der Waals surface area contributed by atoms with Crippen LogP contribution in [0, 0.1) is 12.7 Å². The lowest BCUT2D eigenvalue weighted by molar-refractivity contribution is 0.315. The van der Waals surface area contributed by atoms with Gasteiger partial charge in [0, 0.05) is 23.9 Å². The maximum absolute atomic E-state index is 14.0. The van der Waals surface area contributed by atoms with Gasteiger partial charge in [-0.15, -0.1) is 0 Å². The van der Waals surface area contributed by atoms with Crippen LogP contribution in [0.5, 0.6) is 0 Å². The number of hydrogen-bond acceptors (Lipinski definition) is 6. The third-order valence-corrected chi connectivity index (χ3v) is 3.63. The highest BCUT2D eigenvalue weighted by Crippen LogP contribution is 2.27. The molecule has 0 spiro atoms. The van der Waals surface area contributed by atoms with Crippen LogP contribution in [-0.4, -0.2) is 20.3 Å². The molecule has 3 rings (SSSR count). The van der Waals surface area contributed by atoms with Gasteiger partial charge >= 0.3 is 0 Å². The number of fused-ring (bicyclic) bond motifs is 1. The van der Waals surface area contributed by atoms with Gasteiger partial charge in [-0.2, -0.15) is 0 Å². The fourth-order valence-corrected chi connectivity index (χ4v) is 2.31. The lowest BCUT2D eigenvalue weighted by Gasteiger charge is -2.09. The van der Waals surface area contributed by atoms with E-state index in [9.17, 15) is 4.39 Å². The van der Waals surface area contributed by atoms with Crippen molar-refractivity contribution in [2.24, 2.45) is 0 Å². The molecule has 3 heterocycles. The van der Waals surface area contributed by atoms with Gasteiger partial charge in [-0.1, -0.05) is 0 Å². The molecular weight excluding hydrogens is 329 g/mol. The third-order valence-electron chi connectivity index (χ3n) is 3.02. The summed E-state index contributed by atoms with van der Waals surface area (Å²) in [4.78, 5) is 8.27. The number of pyridine rings is 2. The number of rotatable bonds is 2. The highest BCUT2D eigenvalue weighted by molar-refractivity contribution is 9.10. The second kappa shape index (κ2) is 4.78. The lowest BCUT2D eigenvalue weighted by Crippen LogP contribution is -2.05. The summed E-state index contributed by atoms with van der Waals surface area (Å²) in [7, 11) is 0. The van der Waals surface area contributed by atoms with E-state index in [4.69, 9.17) is 5.73 Å². The molecule has 0 aliphatic carbocycles. The van der Waals surface area contributed by atoms with E-state index in [0.29, 0.717) is 32.6 Å². The van der Waals surface area contributed by atoms with Gasteiger partial charge in [0.2, 0.25) is 5.65 Å². The smallest absolute Gasteiger partial charge is 0.226 e. The minimum atomic E-state index is -0.412. The van der Waals surface area contributed by atoms with Crippen molar-refractivity contribution in [3.63, 3.8) is 0 Å². The molecule has 0 aliphatic heterocycles. The molecule has 0 fully saturated rings. The lowest BCUT2D eigenvalue weighted by atomic mass is 10.0. The SMILES string of the molecule is Cc1nc2nonc2c(N)c1Cc1nccc(Br)c1F. The summed E-state index contributed by atoms with van der Waals surface area (Å²) >= 11 is 3.13. The fourth-order valence-electron chi connectivity index (χ4n) is 1.97. The van der Waals surface area contributed by atoms with E-state index in [1.807, 2.05) is 0 Å². The van der Waals surface area contributed by atoms with Crippen molar-refractivity contribution < 1.29 is 9.02 Å². The van der Waals surface area contributed by atoms with Gasteiger partial charge < -0.3 is 5.73 Å². The summed E-state index contributed by atoms with van der Waals surface area (Å²) in [6.45, 7) is 1.77. The van der Waals surface area contributed by atoms with E-state index >= 15 is 0 Å². The monoisotopic (exact) mass is 337 g/mol. The molecule has 102 valence electrons. The molecule has 3 aromatic rings. The van der Waals surface area contributed by atoms with E-state index in [-0.39, 0.29) is 12.1 Å². The molecule has 0 saturated carbocycles. The molecule has 20 heavy (non-hydrogen) atoms. The maximum Gasteiger partial charge on any atom is 0.226 e. The minimum Gasteiger partial charge on any atom is -0.396 e. The Labute approximate surface area is 121 Å². The highest BCUT2D eigenvalue weighted by Gasteiger charge is 2.17. The Balaban J connectivity index is 2.13. The summed E-state index contributed by atoms with van der Waals surface area (Å²) in [6.07, 6.45) is 1.75. The zero-order chi connectivity index (χ0) is 14.3. The molecular formula is C12H9BrFN5O. The summed E-state index contributed by atoms with van der Waals surface area (Å²) < 4.78 is 19.0. The summed E-state index contributed by atoms with van der Waals surface area (Å²) in [6, 6.07) is 1.54. The predicted octanol–water partition coefficient (Wildman–Crippen LogP) is 2.40. The van der Waals surface area contributed by atoms with Crippen LogP contribution >= 0.6 is 15.9 Å². The molecule has 0 aliphatic rings. The van der Waals surface area contributed by atoms with Crippen molar-refractivity contribution in [3.05, 3.63) is 39.5 Å². The number of aromatic nitrogens is 4. The van der Waals surface area contributed by atoms with E-state index < -0.39 is 5.82 Å². The Morgan fingerprint density at radius 3 is 3.00 bits per heavy atom. The zero-order valence-electron chi connectivity index (χ0n) is 10.4. The zero-order valence-corrected chi connectivity index (χ0v) is 12.0. The summed E-state index contributed by atoms with van der Waals surface area (Å²) in [5, 5.41) is 7.35. The number of aryl methyl sites for hydroxylation is 1. The largest absolute Gasteiger partial charge is 0.396 e. The molecule has 3 aromatic heterocycles. The van der Waals surface area contributed by atoms with Crippen molar-refractivity contribution in [2.45, 2.75) is 13.3 Å². The normalized spacial score (nSPS) is 11.2. The van der Waals surface area contributed by atoms with Crippen LogP contribution < -0.4 is 5.73 Å². The van der Waals surface area contributed by atoms with E-state index in [1.54, 1.807) is 6.92 Å². The first-order valence-electron chi connectivity index (χ1n) is 5.74. The Kier molecular flexibility index (Phi) is 3.09. The second-order valence-electron chi connectivity index (χ2n) is 4.26. The van der Waals surface area contributed by atoms with Crippen LogP contribution in [-0.2, 0) is 6.42 Å². The topological polar surface area (TPSA) is 90.7 Å². The van der Waals surface area contributed by atoms with Gasteiger partial charge in [-0.3, -0.25) is 4.98 Å². The van der Waals surface area contributed by atoms with Crippen LogP contribution in [0.3, 0.4) is 0 Å². The Bertz CT molecular complexity index is 804. The second-order valence-corrected chi connectivity index (χ2v) is 5.11. The van der Waals surface area contributed by atoms with Crippen LogP contribution in [0.15, 0.2) is 21.4 Å². The Morgan fingerprint density at radius 2 is 2.20 bits per heavy atom. The van der Waals surface area contributed by atoms with Gasteiger partial charge in [0.05, 0.1) is 15.9 Å². The van der Waals surface area contributed by atoms with Gasteiger partial charge in [0.25, 0.3) is 0 Å². The highest BCUT2D eigenvalue weighted by atomic mass is 79.9. The molecule has 0 unspecified atom stereocenters. The van der Waals surface area contributed by atoms with Crippen LogP contribution in [0.25, 0.3) is 11.2 Å². The van der Waals surface area contributed by atoms with Crippen LogP contribution in [0.2, 0.25) is 0 Å². The molecule has 6 nitrogen and oxygen atoms in total. The fraction of sp³-hybridized carbons (Fsp3) is 0.167. The number of nitrogen functional groups attached to an aromatic ring is 1. The molecule has 0 aromatic carbocycles. The quantitative estimate of drug-likeness (QED) is 0.772. The van der Waals surface area contributed by atoms with Crippen molar-refractivity contribution >= 4 is 32.8 Å². The van der Waals surface area contributed by atoms with Crippen LogP contribution in [0.4, 0.5) is 10.1 Å². The van der Waals surface area contributed by atoms with Crippen LogP contribution in [0.1, 0.15) is 17.0 Å². The average molecular weight is 338 g/mol. The standard InChI is InChI=1S/C12H9BrFN5O/c1-5-6(4-8-9(14)7(13)2-3-16-8)10(15)11-12(17-5)19-20-18-11/h2-3H,4,15H2,1H3. The Hall–Kier alpha value is -2.09. The maximum atomic E-state index is 14.0. The number of hydrogen-bond donors (Lipinski definition) is 1. The molecule has 2 N–H and O–H groups in total. The molecule has 0 atom stereocenters. The predicted molar refractivity (Wildman–Crippen MR) is 73.4 cm³/mol. The third kappa shape index (κ3) is 2.01. The van der Waals surface area contributed by atoms with Crippen molar-refractivity contribution in [3.8, 4) is 0 Å². The van der Waals surface area contributed by atoms with Crippen molar-refractivity contribution in [1.29, 1.82) is 0 Å². The van der Waals surface area contributed by atoms with Crippen molar-refractivity contribution in [1.82, 2.24) is 20.3 Å². The van der Waals surface area contributed by atoms with Gasteiger partial charge in [0.15, 0.2) is 11.3 Å². The minimum absolute atomic E-state index is 0.221. The van der Waals surface area contributed by atoms with Gasteiger partial charge in [-0.05, 0) is 39.2 Å². The van der Waals surface area contributed by atoms with Crippen molar-refractivity contribution in [2.75, 3.05) is 5.73 Å². The Morgan fingerprint density at radius 1 is 1.40 bits per heavy atom. The van der Waals surface area contributed by atoms with Gasteiger partial charge in [-0.25, -0.2) is 14.0 Å². The first-order chi connectivity index (χ1) is 9.58.